The summed E-state index contributed by atoms with van der Waals surface area (Å²) < 4.78 is 7.09. The van der Waals surface area contributed by atoms with E-state index in [0.29, 0.717) is 11.5 Å². The van der Waals surface area contributed by atoms with Crippen molar-refractivity contribution in [1.82, 2.24) is 20.1 Å². The number of nitrogens with zero attached hydrogens (tertiary/aromatic N) is 3. The number of hydrogen-bond donors (Lipinski definition) is 1. The maximum Gasteiger partial charge on any atom is 0.254 e. The van der Waals surface area contributed by atoms with Gasteiger partial charge in [0.05, 0.1) is 29.7 Å². The Kier molecular flexibility index (Phi) is 3.74. The molecule has 2 aromatic heterocycles. The first-order valence-corrected chi connectivity index (χ1v) is 6.94. The van der Waals surface area contributed by atoms with E-state index in [4.69, 9.17) is 4.42 Å². The maximum atomic E-state index is 12.1. The number of aromatic nitrogens is 3. The van der Waals surface area contributed by atoms with Crippen LogP contribution >= 0.6 is 0 Å². The lowest BCUT2D eigenvalue weighted by atomic mass is 10.3. The number of carbonyl (C=O) groups excluding carboxylic acids is 1. The van der Waals surface area contributed by atoms with Crippen molar-refractivity contribution in [1.29, 1.82) is 0 Å². The number of oxazole rings is 1. The van der Waals surface area contributed by atoms with Crippen molar-refractivity contribution in [3.8, 4) is 5.69 Å². The average Bonchev–Trinajstić information content (AvgIpc) is 3.14. The van der Waals surface area contributed by atoms with Crippen molar-refractivity contribution in [3.63, 3.8) is 0 Å². The Bertz CT molecular complexity index is 770. The Hall–Kier alpha value is -2.89. The van der Waals surface area contributed by atoms with Crippen molar-refractivity contribution in [2.24, 2.45) is 0 Å². The van der Waals surface area contributed by atoms with Crippen molar-refractivity contribution in [3.05, 3.63) is 65.6 Å². The molecule has 1 N–H and O–H groups in total. The first kappa shape index (κ1) is 14.1. The van der Waals surface area contributed by atoms with Crippen molar-refractivity contribution in [2.45, 2.75) is 20.4 Å². The molecule has 22 heavy (non-hydrogen) atoms. The molecule has 0 spiro atoms. The highest BCUT2D eigenvalue weighted by Gasteiger charge is 2.11. The molecule has 1 amide bonds. The SMILES string of the molecule is Cc1nc(CNC(=O)c2cnn(-c3ccccc3)c2)oc1C. The zero-order valence-corrected chi connectivity index (χ0v) is 12.4. The number of benzene rings is 1. The molecule has 0 fully saturated rings. The van der Waals surface area contributed by atoms with Crippen molar-refractivity contribution < 1.29 is 9.21 Å². The van der Waals surface area contributed by atoms with Gasteiger partial charge in [-0.15, -0.1) is 0 Å². The fraction of sp³-hybridized carbons (Fsp3) is 0.188. The largest absolute Gasteiger partial charge is 0.444 e. The van der Waals surface area contributed by atoms with E-state index in [-0.39, 0.29) is 12.5 Å². The monoisotopic (exact) mass is 296 g/mol. The zero-order valence-electron chi connectivity index (χ0n) is 12.4. The molecule has 3 aromatic rings. The van der Waals surface area contributed by atoms with E-state index in [0.717, 1.165) is 17.1 Å². The van der Waals surface area contributed by atoms with Crippen LogP contribution in [0.25, 0.3) is 5.69 Å². The van der Waals surface area contributed by atoms with Gasteiger partial charge in [0, 0.05) is 6.20 Å². The summed E-state index contributed by atoms with van der Waals surface area (Å²) in [4.78, 5) is 16.3. The first-order chi connectivity index (χ1) is 10.6. The van der Waals surface area contributed by atoms with E-state index < -0.39 is 0 Å². The van der Waals surface area contributed by atoms with Crippen LogP contribution < -0.4 is 5.32 Å². The molecule has 2 heterocycles. The van der Waals surface area contributed by atoms with Crippen LogP contribution in [0.15, 0.2) is 47.1 Å². The second kappa shape index (κ2) is 5.85. The summed E-state index contributed by atoms with van der Waals surface area (Å²) in [5.41, 5.74) is 2.23. The molecule has 0 radical (unpaired) electrons. The number of aryl methyl sites for hydroxylation is 2. The van der Waals surface area contributed by atoms with Gasteiger partial charge in [-0.2, -0.15) is 5.10 Å². The molecule has 0 atom stereocenters. The van der Waals surface area contributed by atoms with Gasteiger partial charge in [0.25, 0.3) is 5.91 Å². The van der Waals surface area contributed by atoms with Gasteiger partial charge in [-0.25, -0.2) is 9.67 Å². The molecule has 0 bridgehead atoms. The fourth-order valence-corrected chi connectivity index (χ4v) is 2.03. The predicted octanol–water partition coefficient (Wildman–Crippen LogP) is 2.41. The Balaban J connectivity index is 1.67. The van der Waals surface area contributed by atoms with Crippen LogP contribution in [-0.2, 0) is 6.54 Å². The Morgan fingerprint density at radius 2 is 2.05 bits per heavy atom. The number of para-hydroxylation sites is 1. The summed E-state index contributed by atoms with van der Waals surface area (Å²) in [5.74, 6) is 1.05. The number of nitrogens with one attached hydrogen (secondary N) is 1. The Morgan fingerprint density at radius 3 is 2.73 bits per heavy atom. The molecule has 6 heteroatoms. The highest BCUT2D eigenvalue weighted by molar-refractivity contribution is 5.93. The lowest BCUT2D eigenvalue weighted by Gasteiger charge is -2.00. The van der Waals surface area contributed by atoms with Gasteiger partial charge in [-0.1, -0.05) is 18.2 Å². The summed E-state index contributed by atoms with van der Waals surface area (Å²) in [6.45, 7) is 3.97. The maximum absolute atomic E-state index is 12.1. The molecule has 3 rings (SSSR count). The highest BCUT2D eigenvalue weighted by Crippen LogP contribution is 2.09. The zero-order chi connectivity index (χ0) is 15.5. The molecule has 0 aliphatic rings. The topological polar surface area (TPSA) is 73.0 Å². The van der Waals surface area contributed by atoms with Crippen molar-refractivity contribution >= 4 is 5.91 Å². The van der Waals surface area contributed by atoms with Gasteiger partial charge >= 0.3 is 0 Å². The van der Waals surface area contributed by atoms with Gasteiger partial charge in [0.2, 0.25) is 5.89 Å². The van der Waals surface area contributed by atoms with Crippen LogP contribution in [0, 0.1) is 13.8 Å². The van der Waals surface area contributed by atoms with E-state index >= 15 is 0 Å². The van der Waals surface area contributed by atoms with E-state index in [1.54, 1.807) is 10.9 Å². The summed E-state index contributed by atoms with van der Waals surface area (Å²) in [6, 6.07) is 9.62. The molecule has 0 unspecified atom stereocenters. The second-order valence-corrected chi connectivity index (χ2v) is 4.94. The third-order valence-corrected chi connectivity index (χ3v) is 3.34. The minimum absolute atomic E-state index is 0.212. The predicted molar refractivity (Wildman–Crippen MR) is 80.7 cm³/mol. The van der Waals surface area contributed by atoms with Crippen LogP contribution in [-0.4, -0.2) is 20.7 Å². The third-order valence-electron chi connectivity index (χ3n) is 3.34. The minimum atomic E-state index is -0.212. The van der Waals surface area contributed by atoms with E-state index in [2.05, 4.69) is 15.4 Å². The van der Waals surface area contributed by atoms with E-state index in [9.17, 15) is 4.79 Å². The van der Waals surface area contributed by atoms with Crippen LogP contribution in [0.2, 0.25) is 0 Å². The molecule has 0 saturated carbocycles. The highest BCUT2D eigenvalue weighted by atomic mass is 16.4. The minimum Gasteiger partial charge on any atom is -0.444 e. The average molecular weight is 296 g/mol. The van der Waals surface area contributed by atoms with Gasteiger partial charge in [-0.05, 0) is 26.0 Å². The number of carbonyl (C=O) groups is 1. The smallest absolute Gasteiger partial charge is 0.254 e. The summed E-state index contributed by atoms with van der Waals surface area (Å²) >= 11 is 0. The first-order valence-electron chi connectivity index (χ1n) is 6.94. The molecular weight excluding hydrogens is 280 g/mol. The van der Waals surface area contributed by atoms with Crippen LogP contribution in [0.5, 0.6) is 0 Å². The quantitative estimate of drug-likeness (QED) is 0.802. The molecule has 6 nitrogen and oxygen atoms in total. The van der Waals surface area contributed by atoms with Gasteiger partial charge < -0.3 is 9.73 Å². The van der Waals surface area contributed by atoms with Gasteiger partial charge in [0.15, 0.2) is 0 Å². The van der Waals surface area contributed by atoms with Gasteiger partial charge in [-0.3, -0.25) is 4.79 Å². The fourth-order valence-electron chi connectivity index (χ4n) is 2.03. The molecule has 0 aliphatic carbocycles. The Labute approximate surface area is 127 Å². The van der Waals surface area contributed by atoms with E-state index in [1.807, 2.05) is 44.2 Å². The third kappa shape index (κ3) is 2.90. The molecule has 0 aliphatic heterocycles. The van der Waals surface area contributed by atoms with E-state index in [1.165, 1.54) is 6.20 Å². The summed E-state index contributed by atoms with van der Waals surface area (Å²) in [6.07, 6.45) is 3.23. The Morgan fingerprint density at radius 1 is 1.27 bits per heavy atom. The lowest BCUT2D eigenvalue weighted by molar-refractivity contribution is 0.0947. The molecular formula is C16H16N4O2. The normalized spacial score (nSPS) is 10.6. The van der Waals surface area contributed by atoms with Crippen molar-refractivity contribution in [2.75, 3.05) is 0 Å². The molecule has 1 aromatic carbocycles. The molecule has 0 saturated heterocycles. The molecule has 112 valence electrons. The lowest BCUT2D eigenvalue weighted by Crippen LogP contribution is -2.22. The second-order valence-electron chi connectivity index (χ2n) is 4.94. The number of hydrogen-bond acceptors (Lipinski definition) is 4. The summed E-state index contributed by atoms with van der Waals surface area (Å²) in [5, 5.41) is 6.97. The van der Waals surface area contributed by atoms with Crippen LogP contribution in [0.1, 0.15) is 27.7 Å². The standard InChI is InChI=1S/C16H16N4O2/c1-11-12(2)22-15(19-11)9-17-16(21)13-8-18-20(10-13)14-6-4-3-5-7-14/h3-8,10H,9H2,1-2H3,(H,17,21). The van der Waals surface area contributed by atoms with Crippen LogP contribution in [0.3, 0.4) is 0 Å². The summed E-state index contributed by atoms with van der Waals surface area (Å²) in [7, 11) is 0. The van der Waals surface area contributed by atoms with Gasteiger partial charge in [0.1, 0.15) is 5.76 Å². The number of rotatable bonds is 4. The number of amides is 1. The van der Waals surface area contributed by atoms with Crippen LogP contribution in [0.4, 0.5) is 0 Å².